The molecule has 0 aliphatic heterocycles. The maximum atomic E-state index is 5.79. The van der Waals surface area contributed by atoms with E-state index in [0.29, 0.717) is 5.75 Å². The molecule has 0 amide bonds. The zero-order chi connectivity index (χ0) is 10.1. The van der Waals surface area contributed by atoms with Crippen molar-refractivity contribution in [2.24, 2.45) is 0 Å². The first-order valence-corrected chi connectivity index (χ1v) is 5.25. The van der Waals surface area contributed by atoms with Gasteiger partial charge in [-0.15, -0.1) is 0 Å². The van der Waals surface area contributed by atoms with E-state index in [2.05, 4.69) is 27.6 Å². The zero-order valence-corrected chi connectivity index (χ0v) is 9.26. The van der Waals surface area contributed by atoms with E-state index in [0.717, 1.165) is 23.4 Å². The molecule has 0 aliphatic rings. The van der Waals surface area contributed by atoms with Crippen molar-refractivity contribution in [1.29, 1.82) is 0 Å². The fraction of sp³-hybridized carbons (Fsp3) is 0.375. The number of fused-ring (bicyclic) bond motifs is 1. The Morgan fingerprint density at radius 1 is 1.50 bits per heavy atom. The van der Waals surface area contributed by atoms with Crippen molar-refractivity contribution >= 4 is 35.4 Å². The lowest BCUT2D eigenvalue weighted by molar-refractivity contribution is 0.777. The van der Waals surface area contributed by atoms with Gasteiger partial charge in [0.15, 0.2) is 5.65 Å². The van der Waals surface area contributed by atoms with Crippen LogP contribution in [0.2, 0.25) is 5.28 Å². The minimum atomic E-state index is 0.247. The van der Waals surface area contributed by atoms with Gasteiger partial charge in [-0.05, 0) is 18.5 Å². The minimum Gasteiger partial charge on any atom is -0.315 e. The van der Waals surface area contributed by atoms with Crippen molar-refractivity contribution in [3.63, 3.8) is 0 Å². The summed E-state index contributed by atoms with van der Waals surface area (Å²) in [6.07, 6.45) is 1.74. The molecular weight excluding hydrogens is 220 g/mol. The number of aromatic nitrogens is 4. The van der Waals surface area contributed by atoms with Gasteiger partial charge in [0.05, 0.1) is 12.0 Å². The maximum absolute atomic E-state index is 5.79. The molecule has 6 heteroatoms. The van der Waals surface area contributed by atoms with Gasteiger partial charge in [-0.25, -0.2) is 9.97 Å². The van der Waals surface area contributed by atoms with Crippen molar-refractivity contribution in [2.75, 3.05) is 0 Å². The standard InChI is InChI=1S/C8H9ClN4S/c1-2-13-4-10-6-5(3-14)11-8(9)12-7(6)13/h4,14H,2-3H2,1H3. The second-order valence-electron chi connectivity index (χ2n) is 2.80. The molecule has 0 N–H and O–H groups in total. The Morgan fingerprint density at radius 2 is 2.29 bits per heavy atom. The molecule has 0 saturated carbocycles. The number of imidazole rings is 1. The first-order chi connectivity index (χ1) is 6.76. The van der Waals surface area contributed by atoms with Gasteiger partial charge in [0, 0.05) is 12.3 Å². The van der Waals surface area contributed by atoms with Gasteiger partial charge in [-0.2, -0.15) is 17.6 Å². The summed E-state index contributed by atoms with van der Waals surface area (Å²) < 4.78 is 1.93. The SMILES string of the molecule is CCn1cnc2c(CS)nc(Cl)nc21. The van der Waals surface area contributed by atoms with Crippen LogP contribution in [0.3, 0.4) is 0 Å². The Balaban J connectivity index is 2.76. The van der Waals surface area contributed by atoms with Gasteiger partial charge >= 0.3 is 0 Å². The fourth-order valence-electron chi connectivity index (χ4n) is 1.31. The highest BCUT2D eigenvalue weighted by molar-refractivity contribution is 7.79. The van der Waals surface area contributed by atoms with Crippen molar-refractivity contribution in [3.05, 3.63) is 17.3 Å². The molecule has 0 fully saturated rings. The van der Waals surface area contributed by atoms with Crippen LogP contribution in [0.5, 0.6) is 0 Å². The van der Waals surface area contributed by atoms with E-state index in [1.807, 2.05) is 11.5 Å². The van der Waals surface area contributed by atoms with Crippen LogP contribution < -0.4 is 0 Å². The summed E-state index contributed by atoms with van der Waals surface area (Å²) in [5.41, 5.74) is 2.33. The molecule has 0 aliphatic carbocycles. The summed E-state index contributed by atoms with van der Waals surface area (Å²) in [4.78, 5) is 12.4. The summed E-state index contributed by atoms with van der Waals surface area (Å²) in [6.45, 7) is 2.84. The predicted molar refractivity (Wildman–Crippen MR) is 58.7 cm³/mol. The highest BCUT2D eigenvalue weighted by Crippen LogP contribution is 2.17. The number of thiol groups is 1. The lowest BCUT2D eigenvalue weighted by Crippen LogP contribution is -1.97. The van der Waals surface area contributed by atoms with Crippen molar-refractivity contribution < 1.29 is 0 Å². The normalized spacial score (nSPS) is 11.1. The van der Waals surface area contributed by atoms with Crippen LogP contribution in [0.1, 0.15) is 12.6 Å². The highest BCUT2D eigenvalue weighted by Gasteiger charge is 2.10. The van der Waals surface area contributed by atoms with Gasteiger partial charge in [0.25, 0.3) is 0 Å². The van der Waals surface area contributed by atoms with Gasteiger partial charge in [0.2, 0.25) is 5.28 Å². The van der Waals surface area contributed by atoms with Crippen LogP contribution in [0.25, 0.3) is 11.2 Å². The van der Waals surface area contributed by atoms with E-state index in [9.17, 15) is 0 Å². The molecule has 0 aromatic carbocycles. The molecule has 0 spiro atoms. The third-order valence-corrected chi connectivity index (χ3v) is 2.47. The van der Waals surface area contributed by atoms with E-state index < -0.39 is 0 Å². The van der Waals surface area contributed by atoms with Crippen LogP contribution in [-0.2, 0) is 12.3 Å². The Kier molecular flexibility index (Phi) is 2.60. The molecule has 0 atom stereocenters. The van der Waals surface area contributed by atoms with Crippen LogP contribution in [0, 0.1) is 0 Å². The van der Waals surface area contributed by atoms with Crippen molar-refractivity contribution in [2.45, 2.75) is 19.2 Å². The molecule has 0 saturated heterocycles. The maximum Gasteiger partial charge on any atom is 0.224 e. The van der Waals surface area contributed by atoms with E-state index in [1.165, 1.54) is 0 Å². The second-order valence-corrected chi connectivity index (χ2v) is 3.45. The Bertz CT molecular complexity index is 468. The Morgan fingerprint density at radius 3 is 2.93 bits per heavy atom. The lowest BCUT2D eigenvalue weighted by Gasteiger charge is -2.00. The number of rotatable bonds is 2. The van der Waals surface area contributed by atoms with E-state index >= 15 is 0 Å². The first kappa shape index (κ1) is 9.73. The summed E-state index contributed by atoms with van der Waals surface area (Å²) in [5, 5.41) is 0.247. The average molecular weight is 229 g/mol. The number of hydrogen-bond donors (Lipinski definition) is 1. The van der Waals surface area contributed by atoms with Gasteiger partial charge in [0.1, 0.15) is 5.52 Å². The number of hydrogen-bond acceptors (Lipinski definition) is 4. The molecule has 2 rings (SSSR count). The smallest absolute Gasteiger partial charge is 0.224 e. The topological polar surface area (TPSA) is 43.6 Å². The van der Waals surface area contributed by atoms with Gasteiger partial charge in [-0.3, -0.25) is 0 Å². The molecule has 14 heavy (non-hydrogen) atoms. The molecular formula is C8H9ClN4S. The highest BCUT2D eigenvalue weighted by atomic mass is 35.5. The fourth-order valence-corrected chi connectivity index (χ4v) is 1.72. The average Bonchev–Trinajstić information content (AvgIpc) is 2.59. The Labute approximate surface area is 91.7 Å². The largest absolute Gasteiger partial charge is 0.315 e. The quantitative estimate of drug-likeness (QED) is 0.631. The number of nitrogens with zero attached hydrogens (tertiary/aromatic N) is 4. The molecule has 2 aromatic heterocycles. The third-order valence-electron chi connectivity index (χ3n) is 2.00. The van der Waals surface area contributed by atoms with Crippen molar-refractivity contribution in [1.82, 2.24) is 19.5 Å². The van der Waals surface area contributed by atoms with Crippen LogP contribution in [0.15, 0.2) is 6.33 Å². The molecule has 74 valence electrons. The summed E-state index contributed by atoms with van der Waals surface area (Å²) in [6, 6.07) is 0. The number of halogens is 1. The molecule has 0 bridgehead atoms. The van der Waals surface area contributed by atoms with Gasteiger partial charge in [-0.1, -0.05) is 0 Å². The molecule has 2 heterocycles. The first-order valence-electron chi connectivity index (χ1n) is 4.24. The van der Waals surface area contributed by atoms with E-state index in [4.69, 9.17) is 11.6 Å². The summed E-state index contributed by atoms with van der Waals surface area (Å²) >= 11 is 9.96. The molecule has 2 aromatic rings. The van der Waals surface area contributed by atoms with Crippen LogP contribution in [-0.4, -0.2) is 19.5 Å². The van der Waals surface area contributed by atoms with Crippen LogP contribution >= 0.6 is 24.2 Å². The van der Waals surface area contributed by atoms with E-state index in [-0.39, 0.29) is 5.28 Å². The minimum absolute atomic E-state index is 0.247. The third kappa shape index (κ3) is 1.46. The predicted octanol–water partition coefficient (Wildman–Crippen LogP) is 1.93. The number of aryl methyl sites for hydroxylation is 1. The lowest BCUT2D eigenvalue weighted by atomic mass is 10.4. The summed E-state index contributed by atoms with van der Waals surface area (Å²) in [5.74, 6) is 0.513. The van der Waals surface area contributed by atoms with Crippen LogP contribution in [0.4, 0.5) is 0 Å². The zero-order valence-electron chi connectivity index (χ0n) is 7.61. The van der Waals surface area contributed by atoms with E-state index in [1.54, 1.807) is 6.33 Å². The van der Waals surface area contributed by atoms with Gasteiger partial charge < -0.3 is 4.57 Å². The molecule has 4 nitrogen and oxygen atoms in total. The molecule has 0 radical (unpaired) electrons. The Hall–Kier alpha value is -0.810. The monoisotopic (exact) mass is 228 g/mol. The second kappa shape index (κ2) is 3.74. The van der Waals surface area contributed by atoms with Crippen molar-refractivity contribution in [3.8, 4) is 0 Å². The summed E-state index contributed by atoms with van der Waals surface area (Å²) in [7, 11) is 0. The molecule has 0 unspecified atom stereocenters.